The zero-order valence-corrected chi connectivity index (χ0v) is 10.8. The third-order valence-corrected chi connectivity index (χ3v) is 3.86. The highest BCUT2D eigenvalue weighted by atomic mass is 127. The Kier molecular flexibility index (Phi) is 2.73. The number of anilines is 1. The Labute approximate surface area is 99.4 Å². The molecule has 1 unspecified atom stereocenters. The van der Waals surface area contributed by atoms with Gasteiger partial charge >= 0.3 is 0 Å². The summed E-state index contributed by atoms with van der Waals surface area (Å²) in [5, 5.41) is 3.60. The van der Waals surface area contributed by atoms with E-state index in [4.69, 9.17) is 0 Å². The summed E-state index contributed by atoms with van der Waals surface area (Å²) in [5.74, 6) is 0. The molecule has 1 fully saturated rings. The number of halogens is 1. The topological polar surface area (TPSA) is 12.0 Å². The molecule has 0 aromatic heterocycles. The van der Waals surface area contributed by atoms with Crippen LogP contribution in [0.15, 0.2) is 24.3 Å². The minimum absolute atomic E-state index is 0.473. The molecule has 76 valence electrons. The van der Waals surface area contributed by atoms with Gasteiger partial charge in [0.25, 0.3) is 0 Å². The van der Waals surface area contributed by atoms with Crippen LogP contribution in [-0.2, 0) is 0 Å². The van der Waals surface area contributed by atoms with Crippen molar-refractivity contribution in [1.29, 1.82) is 0 Å². The Hall–Kier alpha value is -0.250. The molecule has 1 atom stereocenters. The lowest BCUT2D eigenvalue weighted by molar-refractivity contribution is 0.160. The van der Waals surface area contributed by atoms with Crippen LogP contribution in [0.5, 0.6) is 0 Å². The van der Waals surface area contributed by atoms with Gasteiger partial charge in [0.05, 0.1) is 0 Å². The molecule has 0 aliphatic heterocycles. The van der Waals surface area contributed by atoms with E-state index in [1.807, 2.05) is 0 Å². The molecule has 1 saturated carbocycles. The fraction of sp³-hybridized carbons (Fsp3) is 0.500. The lowest BCUT2D eigenvalue weighted by Crippen LogP contribution is -2.45. The van der Waals surface area contributed by atoms with E-state index in [1.54, 1.807) is 0 Å². The van der Waals surface area contributed by atoms with Gasteiger partial charge in [0, 0.05) is 15.3 Å². The van der Waals surface area contributed by atoms with Crippen LogP contribution < -0.4 is 5.32 Å². The van der Waals surface area contributed by atoms with Crippen molar-refractivity contribution in [3.63, 3.8) is 0 Å². The van der Waals surface area contributed by atoms with Crippen molar-refractivity contribution in [2.45, 2.75) is 32.7 Å². The normalized spacial score (nSPS) is 24.1. The van der Waals surface area contributed by atoms with E-state index in [0.717, 1.165) is 0 Å². The van der Waals surface area contributed by atoms with Crippen LogP contribution in [0.25, 0.3) is 0 Å². The maximum Gasteiger partial charge on any atom is 0.0353 e. The fourth-order valence-corrected chi connectivity index (χ4v) is 2.46. The highest BCUT2D eigenvalue weighted by Crippen LogP contribution is 2.41. The van der Waals surface area contributed by atoms with Gasteiger partial charge in [-0.1, -0.05) is 19.9 Å². The van der Waals surface area contributed by atoms with Gasteiger partial charge in [-0.3, -0.25) is 0 Å². The number of nitrogens with one attached hydrogen (secondary N) is 1. The molecule has 1 N–H and O–H groups in total. The Morgan fingerprint density at radius 3 is 2.71 bits per heavy atom. The minimum atomic E-state index is 0.473. The standard InChI is InChI=1S/C12H16IN/c1-12(2)7-6-11(12)14-10-5-3-4-9(13)8-10/h3-5,8,11,14H,6-7H2,1-2H3. The molecule has 0 bridgehead atoms. The maximum atomic E-state index is 3.60. The Bertz CT molecular complexity index is 333. The van der Waals surface area contributed by atoms with Crippen LogP contribution in [0.4, 0.5) is 5.69 Å². The van der Waals surface area contributed by atoms with Crippen LogP contribution in [0, 0.1) is 8.99 Å². The van der Waals surface area contributed by atoms with E-state index in [2.05, 4.69) is 66.0 Å². The second-order valence-electron chi connectivity index (χ2n) is 4.73. The summed E-state index contributed by atoms with van der Waals surface area (Å²) < 4.78 is 1.30. The summed E-state index contributed by atoms with van der Waals surface area (Å²) in [7, 11) is 0. The van der Waals surface area contributed by atoms with Crippen molar-refractivity contribution in [3.05, 3.63) is 27.8 Å². The summed E-state index contributed by atoms with van der Waals surface area (Å²) in [6, 6.07) is 9.24. The van der Waals surface area contributed by atoms with Crippen molar-refractivity contribution in [1.82, 2.24) is 0 Å². The predicted molar refractivity (Wildman–Crippen MR) is 69.6 cm³/mol. The molecular weight excluding hydrogens is 285 g/mol. The SMILES string of the molecule is CC1(C)CCC1Nc1cccc(I)c1. The summed E-state index contributed by atoms with van der Waals surface area (Å²) in [5.41, 5.74) is 1.73. The first-order valence-electron chi connectivity index (χ1n) is 5.10. The van der Waals surface area contributed by atoms with E-state index in [-0.39, 0.29) is 0 Å². The molecule has 1 aromatic rings. The van der Waals surface area contributed by atoms with Gasteiger partial charge in [-0.15, -0.1) is 0 Å². The van der Waals surface area contributed by atoms with Gasteiger partial charge < -0.3 is 5.32 Å². The summed E-state index contributed by atoms with van der Waals surface area (Å²) in [6.07, 6.45) is 2.65. The lowest BCUT2D eigenvalue weighted by atomic mass is 9.67. The molecule has 2 heteroatoms. The van der Waals surface area contributed by atoms with Gasteiger partial charge in [0.1, 0.15) is 0 Å². The highest BCUT2D eigenvalue weighted by molar-refractivity contribution is 14.1. The first-order chi connectivity index (χ1) is 6.58. The number of rotatable bonds is 2. The maximum absolute atomic E-state index is 3.60. The average Bonchev–Trinajstić information content (AvgIpc) is 2.13. The molecule has 1 nitrogen and oxygen atoms in total. The van der Waals surface area contributed by atoms with Crippen LogP contribution in [0.3, 0.4) is 0 Å². The van der Waals surface area contributed by atoms with Crippen LogP contribution in [0.2, 0.25) is 0 Å². The zero-order valence-electron chi connectivity index (χ0n) is 8.68. The van der Waals surface area contributed by atoms with Crippen LogP contribution in [0.1, 0.15) is 26.7 Å². The van der Waals surface area contributed by atoms with Gasteiger partial charge in [-0.05, 0) is 59.0 Å². The highest BCUT2D eigenvalue weighted by Gasteiger charge is 2.38. The van der Waals surface area contributed by atoms with Gasteiger partial charge in [-0.2, -0.15) is 0 Å². The molecule has 1 aliphatic rings. The third-order valence-electron chi connectivity index (χ3n) is 3.19. The van der Waals surface area contributed by atoms with Crippen molar-refractivity contribution >= 4 is 28.3 Å². The molecule has 0 saturated heterocycles. The quantitative estimate of drug-likeness (QED) is 0.817. The van der Waals surface area contributed by atoms with Gasteiger partial charge in [-0.25, -0.2) is 0 Å². The molecule has 1 aliphatic carbocycles. The molecule has 0 heterocycles. The number of hydrogen-bond donors (Lipinski definition) is 1. The number of benzene rings is 1. The fourth-order valence-electron chi connectivity index (χ4n) is 1.91. The van der Waals surface area contributed by atoms with E-state index in [0.29, 0.717) is 11.5 Å². The molecule has 1 aromatic carbocycles. The van der Waals surface area contributed by atoms with E-state index in [9.17, 15) is 0 Å². The van der Waals surface area contributed by atoms with Crippen molar-refractivity contribution < 1.29 is 0 Å². The summed E-state index contributed by atoms with van der Waals surface area (Å²) in [6.45, 7) is 4.67. The largest absolute Gasteiger partial charge is 0.382 e. The zero-order chi connectivity index (χ0) is 10.2. The predicted octanol–water partition coefficient (Wildman–Crippen LogP) is 3.89. The van der Waals surface area contributed by atoms with E-state index >= 15 is 0 Å². The smallest absolute Gasteiger partial charge is 0.0353 e. The van der Waals surface area contributed by atoms with E-state index < -0.39 is 0 Å². The Morgan fingerprint density at radius 1 is 1.43 bits per heavy atom. The first-order valence-corrected chi connectivity index (χ1v) is 6.18. The second kappa shape index (κ2) is 3.72. The van der Waals surface area contributed by atoms with E-state index in [1.165, 1.54) is 22.1 Å². The van der Waals surface area contributed by atoms with Gasteiger partial charge in [0.15, 0.2) is 0 Å². The Balaban J connectivity index is 2.05. The first kappa shape index (κ1) is 10.3. The molecule has 14 heavy (non-hydrogen) atoms. The molecule has 0 radical (unpaired) electrons. The third kappa shape index (κ3) is 2.05. The number of hydrogen-bond acceptors (Lipinski definition) is 1. The minimum Gasteiger partial charge on any atom is -0.382 e. The Morgan fingerprint density at radius 2 is 2.21 bits per heavy atom. The molecule has 0 spiro atoms. The van der Waals surface area contributed by atoms with Crippen molar-refractivity contribution in [2.75, 3.05) is 5.32 Å². The lowest BCUT2D eigenvalue weighted by Gasteiger charge is -2.45. The summed E-state index contributed by atoms with van der Waals surface area (Å²) in [4.78, 5) is 0. The van der Waals surface area contributed by atoms with Crippen molar-refractivity contribution in [2.24, 2.45) is 5.41 Å². The average molecular weight is 301 g/mol. The molecule has 2 rings (SSSR count). The van der Waals surface area contributed by atoms with Crippen molar-refractivity contribution in [3.8, 4) is 0 Å². The summed E-state index contributed by atoms with van der Waals surface area (Å²) >= 11 is 2.35. The second-order valence-corrected chi connectivity index (χ2v) is 5.98. The molecule has 0 amide bonds. The van der Waals surface area contributed by atoms with Gasteiger partial charge in [0.2, 0.25) is 0 Å². The monoisotopic (exact) mass is 301 g/mol. The van der Waals surface area contributed by atoms with Crippen LogP contribution >= 0.6 is 22.6 Å². The van der Waals surface area contributed by atoms with Crippen LogP contribution in [-0.4, -0.2) is 6.04 Å². The molecular formula is C12H16IN.